The monoisotopic (exact) mass is 204 g/mol. The maximum Gasteiger partial charge on any atom is 0.251 e. The summed E-state index contributed by atoms with van der Waals surface area (Å²) in [5, 5.41) is 6.15. The molecule has 0 saturated carbocycles. The van der Waals surface area contributed by atoms with Gasteiger partial charge in [0.2, 0.25) is 0 Å². The summed E-state index contributed by atoms with van der Waals surface area (Å²) in [6.07, 6.45) is 1.06. The predicted octanol–water partition coefficient (Wildman–Crippen LogP) is 1.79. The van der Waals surface area contributed by atoms with Crippen LogP contribution in [0.1, 0.15) is 29.8 Å². The standard InChI is InChI=1S/C12H16N2O/c1-8(2)14-12(15)10-4-3-9-5-6-13-11(9)7-10/h3-4,7-8,13H,5-6H2,1-2H3,(H,14,15). The van der Waals surface area contributed by atoms with Crippen molar-refractivity contribution in [3.8, 4) is 0 Å². The van der Waals surface area contributed by atoms with Crippen molar-refractivity contribution in [3.05, 3.63) is 29.3 Å². The van der Waals surface area contributed by atoms with Crippen molar-refractivity contribution in [1.82, 2.24) is 5.32 Å². The van der Waals surface area contributed by atoms with Crippen LogP contribution in [0.5, 0.6) is 0 Å². The van der Waals surface area contributed by atoms with Gasteiger partial charge in [-0.2, -0.15) is 0 Å². The molecule has 0 spiro atoms. The van der Waals surface area contributed by atoms with E-state index in [1.54, 1.807) is 0 Å². The Morgan fingerprint density at radius 3 is 3.00 bits per heavy atom. The fraction of sp³-hybridized carbons (Fsp3) is 0.417. The topological polar surface area (TPSA) is 41.1 Å². The van der Waals surface area contributed by atoms with Crippen molar-refractivity contribution in [1.29, 1.82) is 0 Å². The zero-order valence-electron chi connectivity index (χ0n) is 9.13. The fourth-order valence-electron chi connectivity index (χ4n) is 1.78. The predicted molar refractivity (Wildman–Crippen MR) is 61.2 cm³/mol. The maximum absolute atomic E-state index is 11.7. The maximum atomic E-state index is 11.7. The summed E-state index contributed by atoms with van der Waals surface area (Å²) in [5.74, 6) is 0.00139. The summed E-state index contributed by atoms with van der Waals surface area (Å²) in [4.78, 5) is 11.7. The number of amides is 1. The minimum atomic E-state index is 0.00139. The highest BCUT2D eigenvalue weighted by molar-refractivity contribution is 5.95. The highest BCUT2D eigenvalue weighted by Gasteiger charge is 2.13. The van der Waals surface area contributed by atoms with Crippen LogP contribution in [0.4, 0.5) is 5.69 Å². The molecule has 0 bridgehead atoms. The Balaban J connectivity index is 2.19. The molecule has 0 atom stereocenters. The number of carbonyl (C=O) groups excluding carboxylic acids is 1. The molecule has 2 rings (SSSR count). The average Bonchev–Trinajstić information content (AvgIpc) is 2.62. The van der Waals surface area contributed by atoms with Crippen LogP contribution in [0.3, 0.4) is 0 Å². The first kappa shape index (κ1) is 10.0. The van der Waals surface area contributed by atoms with Gasteiger partial charge in [-0.15, -0.1) is 0 Å². The summed E-state index contributed by atoms with van der Waals surface area (Å²) in [6, 6.07) is 6.03. The number of hydrogen-bond acceptors (Lipinski definition) is 2. The summed E-state index contributed by atoms with van der Waals surface area (Å²) in [5.41, 5.74) is 3.14. The number of nitrogens with one attached hydrogen (secondary N) is 2. The smallest absolute Gasteiger partial charge is 0.251 e. The highest BCUT2D eigenvalue weighted by Crippen LogP contribution is 2.23. The third-order valence-corrected chi connectivity index (χ3v) is 2.50. The molecule has 0 fully saturated rings. The molecule has 0 radical (unpaired) electrons. The van der Waals surface area contributed by atoms with E-state index in [1.807, 2.05) is 32.0 Å². The lowest BCUT2D eigenvalue weighted by molar-refractivity contribution is 0.0943. The molecule has 1 aromatic carbocycles. The average molecular weight is 204 g/mol. The number of rotatable bonds is 2. The molecule has 3 nitrogen and oxygen atoms in total. The van der Waals surface area contributed by atoms with Crippen LogP contribution in [0.15, 0.2) is 18.2 Å². The zero-order valence-corrected chi connectivity index (χ0v) is 9.13. The van der Waals surface area contributed by atoms with Crippen molar-refractivity contribution in [2.45, 2.75) is 26.3 Å². The summed E-state index contributed by atoms with van der Waals surface area (Å²) < 4.78 is 0. The molecule has 1 aliphatic rings. The Kier molecular flexibility index (Phi) is 2.62. The van der Waals surface area contributed by atoms with Crippen molar-refractivity contribution < 1.29 is 4.79 Å². The van der Waals surface area contributed by atoms with E-state index in [0.29, 0.717) is 0 Å². The second-order valence-electron chi connectivity index (χ2n) is 4.18. The van der Waals surface area contributed by atoms with Crippen molar-refractivity contribution >= 4 is 11.6 Å². The first-order chi connectivity index (χ1) is 7.16. The molecule has 0 aliphatic carbocycles. The first-order valence-corrected chi connectivity index (χ1v) is 5.34. The van der Waals surface area contributed by atoms with Crippen LogP contribution in [-0.4, -0.2) is 18.5 Å². The molecule has 3 heteroatoms. The van der Waals surface area contributed by atoms with Crippen LogP contribution in [0.2, 0.25) is 0 Å². The molecular formula is C12H16N2O. The largest absolute Gasteiger partial charge is 0.384 e. The van der Waals surface area contributed by atoms with Gasteiger partial charge in [0.1, 0.15) is 0 Å². The van der Waals surface area contributed by atoms with Gasteiger partial charge in [0.15, 0.2) is 0 Å². The van der Waals surface area contributed by atoms with Gasteiger partial charge in [0.05, 0.1) is 0 Å². The summed E-state index contributed by atoms with van der Waals surface area (Å²) >= 11 is 0. The number of benzene rings is 1. The zero-order chi connectivity index (χ0) is 10.8. The molecule has 1 heterocycles. The number of anilines is 1. The lowest BCUT2D eigenvalue weighted by Crippen LogP contribution is -2.30. The normalized spacial score (nSPS) is 13.5. The number of carbonyl (C=O) groups is 1. The van der Waals surface area contributed by atoms with Gasteiger partial charge < -0.3 is 10.6 Å². The van der Waals surface area contributed by atoms with Gasteiger partial charge in [-0.3, -0.25) is 4.79 Å². The highest BCUT2D eigenvalue weighted by atomic mass is 16.1. The molecule has 15 heavy (non-hydrogen) atoms. The molecular weight excluding hydrogens is 188 g/mol. The molecule has 80 valence electrons. The second-order valence-corrected chi connectivity index (χ2v) is 4.18. The van der Waals surface area contributed by atoms with Crippen molar-refractivity contribution in [2.75, 3.05) is 11.9 Å². The lowest BCUT2D eigenvalue weighted by atomic mass is 10.1. The summed E-state index contributed by atoms with van der Waals surface area (Å²) in [6.45, 7) is 4.90. The number of fused-ring (bicyclic) bond motifs is 1. The SMILES string of the molecule is CC(C)NC(=O)c1ccc2c(c1)NCC2. The molecule has 0 unspecified atom stereocenters. The lowest BCUT2D eigenvalue weighted by Gasteiger charge is -2.09. The van der Waals surface area contributed by atoms with Gasteiger partial charge >= 0.3 is 0 Å². The van der Waals surface area contributed by atoms with E-state index in [0.717, 1.165) is 24.2 Å². The Labute approximate surface area is 89.9 Å². The third-order valence-electron chi connectivity index (χ3n) is 2.50. The fourth-order valence-corrected chi connectivity index (χ4v) is 1.78. The molecule has 1 aromatic rings. The number of hydrogen-bond donors (Lipinski definition) is 2. The Morgan fingerprint density at radius 2 is 2.27 bits per heavy atom. The molecule has 1 amide bonds. The van der Waals surface area contributed by atoms with E-state index in [1.165, 1.54) is 5.56 Å². The van der Waals surface area contributed by atoms with E-state index < -0.39 is 0 Å². The molecule has 1 aliphatic heterocycles. The van der Waals surface area contributed by atoms with Crippen molar-refractivity contribution in [2.24, 2.45) is 0 Å². The summed E-state index contributed by atoms with van der Waals surface area (Å²) in [7, 11) is 0. The van der Waals surface area contributed by atoms with E-state index >= 15 is 0 Å². The van der Waals surface area contributed by atoms with Crippen LogP contribution in [0, 0.1) is 0 Å². The third kappa shape index (κ3) is 2.12. The van der Waals surface area contributed by atoms with Crippen LogP contribution in [-0.2, 0) is 6.42 Å². The van der Waals surface area contributed by atoms with Crippen molar-refractivity contribution in [3.63, 3.8) is 0 Å². The van der Waals surface area contributed by atoms with Crippen LogP contribution in [0.25, 0.3) is 0 Å². The molecule has 0 aromatic heterocycles. The van der Waals surface area contributed by atoms with E-state index in [2.05, 4.69) is 10.6 Å². The van der Waals surface area contributed by atoms with Crippen LogP contribution < -0.4 is 10.6 Å². The first-order valence-electron chi connectivity index (χ1n) is 5.34. The second kappa shape index (κ2) is 3.93. The van der Waals surface area contributed by atoms with E-state index in [9.17, 15) is 4.79 Å². The van der Waals surface area contributed by atoms with Crippen LogP contribution >= 0.6 is 0 Å². The quantitative estimate of drug-likeness (QED) is 0.771. The Hall–Kier alpha value is -1.51. The molecule has 2 N–H and O–H groups in total. The van der Waals surface area contributed by atoms with Gasteiger partial charge in [-0.05, 0) is 38.0 Å². The van der Waals surface area contributed by atoms with E-state index in [-0.39, 0.29) is 11.9 Å². The minimum absolute atomic E-state index is 0.00139. The van der Waals surface area contributed by atoms with Gasteiger partial charge in [0.25, 0.3) is 5.91 Å². The van der Waals surface area contributed by atoms with Gasteiger partial charge in [-0.1, -0.05) is 6.07 Å². The molecule has 0 saturated heterocycles. The van der Waals surface area contributed by atoms with E-state index in [4.69, 9.17) is 0 Å². The van der Waals surface area contributed by atoms with Gasteiger partial charge in [0, 0.05) is 23.8 Å². The minimum Gasteiger partial charge on any atom is -0.384 e. The Morgan fingerprint density at radius 1 is 1.47 bits per heavy atom. The Bertz CT molecular complexity index is 385. The van der Waals surface area contributed by atoms with Gasteiger partial charge in [-0.25, -0.2) is 0 Å².